The average molecular weight is 479 g/mol. The summed E-state index contributed by atoms with van der Waals surface area (Å²) < 4.78 is 19.3. The van der Waals surface area contributed by atoms with Gasteiger partial charge in [0.25, 0.3) is 5.91 Å². The second kappa shape index (κ2) is 9.66. The number of nitrogens with zero attached hydrogens (tertiary/aromatic N) is 1. The van der Waals surface area contributed by atoms with Gasteiger partial charge >= 0.3 is 0 Å². The average Bonchev–Trinajstić information content (AvgIpc) is 2.88. The third-order valence-corrected chi connectivity index (χ3v) is 7.86. The number of carbonyl (C=O) groups is 2. The molecule has 0 radical (unpaired) electrons. The standard InChI is InChI=1S/C27H27FN2O3S/c1-33-24-10-9-21(19-6-2-3-7-20(19)24)27(32)30-13-4-5-17(16-30)26(31)29-23-12-14-34-25-11-8-18(28)15-22(23)25/h2-3,6-11,15,17,23H,4-5,12-14,16H2,1H3,(H,29,31). The van der Waals surface area contributed by atoms with Gasteiger partial charge in [-0.25, -0.2) is 4.39 Å². The third kappa shape index (κ3) is 4.37. The van der Waals surface area contributed by atoms with Crippen LogP contribution in [-0.4, -0.2) is 42.7 Å². The Balaban J connectivity index is 1.32. The van der Waals surface area contributed by atoms with Crippen molar-refractivity contribution in [2.24, 2.45) is 5.92 Å². The molecule has 2 aliphatic rings. The van der Waals surface area contributed by atoms with Gasteiger partial charge in [-0.15, -0.1) is 11.8 Å². The fourth-order valence-corrected chi connectivity index (χ4v) is 6.09. The lowest BCUT2D eigenvalue weighted by Gasteiger charge is -2.34. The second-order valence-electron chi connectivity index (χ2n) is 8.83. The first-order valence-electron chi connectivity index (χ1n) is 11.6. The first-order valence-corrected chi connectivity index (χ1v) is 12.6. The maximum Gasteiger partial charge on any atom is 0.254 e. The van der Waals surface area contributed by atoms with Gasteiger partial charge in [-0.05, 0) is 60.5 Å². The monoisotopic (exact) mass is 478 g/mol. The van der Waals surface area contributed by atoms with Gasteiger partial charge in [0.15, 0.2) is 0 Å². The normalized spacial score (nSPS) is 20.0. The molecule has 1 fully saturated rings. The van der Waals surface area contributed by atoms with Crippen molar-refractivity contribution in [1.82, 2.24) is 10.2 Å². The molecule has 2 aliphatic heterocycles. The minimum atomic E-state index is -0.290. The molecule has 0 bridgehead atoms. The predicted octanol–water partition coefficient (Wildman–Crippen LogP) is 5.19. The Morgan fingerprint density at radius 3 is 2.74 bits per heavy atom. The van der Waals surface area contributed by atoms with E-state index in [1.807, 2.05) is 30.3 Å². The number of piperidine rings is 1. The largest absolute Gasteiger partial charge is 0.496 e. The molecule has 2 heterocycles. The molecule has 3 aromatic rings. The summed E-state index contributed by atoms with van der Waals surface area (Å²) in [6.07, 6.45) is 2.26. The zero-order chi connectivity index (χ0) is 23.7. The van der Waals surface area contributed by atoms with E-state index in [2.05, 4.69) is 5.32 Å². The molecule has 5 rings (SSSR count). The van der Waals surface area contributed by atoms with Crippen LogP contribution in [0.2, 0.25) is 0 Å². The Kier molecular flexibility index (Phi) is 6.46. The van der Waals surface area contributed by atoms with E-state index in [0.717, 1.165) is 52.0 Å². The third-order valence-electron chi connectivity index (χ3n) is 6.74. The van der Waals surface area contributed by atoms with Crippen molar-refractivity contribution in [2.75, 3.05) is 26.0 Å². The van der Waals surface area contributed by atoms with E-state index in [9.17, 15) is 14.0 Å². The molecule has 5 nitrogen and oxygen atoms in total. The molecule has 176 valence electrons. The SMILES string of the molecule is COc1ccc(C(=O)N2CCCC(C(=O)NC3CCSc4ccc(F)cc43)C2)c2ccccc12. The Labute approximate surface area is 202 Å². The summed E-state index contributed by atoms with van der Waals surface area (Å²) in [5, 5.41) is 4.88. The zero-order valence-corrected chi connectivity index (χ0v) is 19.9. The Morgan fingerprint density at radius 1 is 1.09 bits per heavy atom. The molecule has 2 unspecified atom stereocenters. The number of thioether (sulfide) groups is 1. The first-order chi connectivity index (χ1) is 16.5. The van der Waals surface area contributed by atoms with Gasteiger partial charge < -0.3 is 15.0 Å². The van der Waals surface area contributed by atoms with Gasteiger partial charge in [0.05, 0.1) is 19.1 Å². The van der Waals surface area contributed by atoms with Crippen LogP contribution in [0.3, 0.4) is 0 Å². The highest BCUT2D eigenvalue weighted by Crippen LogP contribution is 2.37. The fraction of sp³-hybridized carbons (Fsp3) is 0.333. The minimum Gasteiger partial charge on any atom is -0.496 e. The molecular formula is C27H27FN2O3S. The number of hydrogen-bond acceptors (Lipinski definition) is 4. The lowest BCUT2D eigenvalue weighted by Crippen LogP contribution is -2.46. The maximum absolute atomic E-state index is 13.8. The first kappa shape index (κ1) is 22.7. The van der Waals surface area contributed by atoms with Crippen molar-refractivity contribution >= 4 is 34.3 Å². The fourth-order valence-electron chi connectivity index (χ4n) is 4.99. The van der Waals surface area contributed by atoms with Gasteiger partial charge in [0.2, 0.25) is 5.91 Å². The highest BCUT2D eigenvalue weighted by atomic mass is 32.2. The number of fused-ring (bicyclic) bond motifs is 2. The molecule has 34 heavy (non-hydrogen) atoms. The van der Waals surface area contributed by atoms with Gasteiger partial charge in [-0.2, -0.15) is 0 Å². The number of benzene rings is 3. The van der Waals surface area contributed by atoms with Crippen molar-refractivity contribution in [3.05, 3.63) is 71.5 Å². The summed E-state index contributed by atoms with van der Waals surface area (Å²) in [6, 6.07) is 15.9. The van der Waals surface area contributed by atoms with Gasteiger partial charge in [0.1, 0.15) is 11.6 Å². The summed E-state index contributed by atoms with van der Waals surface area (Å²) >= 11 is 1.69. The molecule has 2 amide bonds. The van der Waals surface area contributed by atoms with Gasteiger partial charge in [0, 0.05) is 34.7 Å². The van der Waals surface area contributed by atoms with Crippen LogP contribution >= 0.6 is 11.8 Å². The van der Waals surface area contributed by atoms with E-state index >= 15 is 0 Å². The molecule has 2 atom stereocenters. The number of nitrogens with one attached hydrogen (secondary N) is 1. The molecule has 1 N–H and O–H groups in total. The molecule has 1 saturated heterocycles. The Bertz CT molecular complexity index is 1250. The van der Waals surface area contributed by atoms with Crippen LogP contribution in [-0.2, 0) is 4.79 Å². The number of carbonyl (C=O) groups excluding carboxylic acids is 2. The quantitative estimate of drug-likeness (QED) is 0.561. The smallest absolute Gasteiger partial charge is 0.254 e. The van der Waals surface area contributed by atoms with E-state index < -0.39 is 0 Å². The van der Waals surface area contributed by atoms with E-state index in [1.165, 1.54) is 12.1 Å². The summed E-state index contributed by atoms with van der Waals surface area (Å²) in [4.78, 5) is 29.5. The minimum absolute atomic E-state index is 0.0656. The lowest BCUT2D eigenvalue weighted by molar-refractivity contribution is -0.127. The molecule has 0 aromatic heterocycles. The number of rotatable bonds is 4. The Hall–Kier alpha value is -3.06. The Morgan fingerprint density at radius 2 is 1.91 bits per heavy atom. The van der Waals surface area contributed by atoms with Crippen molar-refractivity contribution in [1.29, 1.82) is 0 Å². The van der Waals surface area contributed by atoms with Crippen LogP contribution in [0.15, 0.2) is 59.5 Å². The topological polar surface area (TPSA) is 58.6 Å². The number of hydrogen-bond donors (Lipinski definition) is 1. The van der Waals surface area contributed by atoms with Crippen molar-refractivity contribution < 1.29 is 18.7 Å². The van der Waals surface area contributed by atoms with E-state index in [4.69, 9.17) is 4.74 Å². The summed E-state index contributed by atoms with van der Waals surface area (Å²) in [5.41, 5.74) is 1.46. The van der Waals surface area contributed by atoms with Crippen LogP contribution in [0.1, 0.15) is 41.2 Å². The molecule has 3 aromatic carbocycles. The number of amides is 2. The van der Waals surface area contributed by atoms with Crippen molar-refractivity contribution in [2.45, 2.75) is 30.2 Å². The van der Waals surface area contributed by atoms with Crippen LogP contribution in [0.4, 0.5) is 4.39 Å². The summed E-state index contributed by atoms with van der Waals surface area (Å²) in [6.45, 7) is 1.000. The summed E-state index contributed by atoms with van der Waals surface area (Å²) in [5.74, 6) is 0.895. The summed E-state index contributed by atoms with van der Waals surface area (Å²) in [7, 11) is 1.62. The highest BCUT2D eigenvalue weighted by molar-refractivity contribution is 7.99. The zero-order valence-electron chi connectivity index (χ0n) is 19.1. The van der Waals surface area contributed by atoms with Crippen LogP contribution in [0.5, 0.6) is 5.75 Å². The number of methoxy groups -OCH3 is 1. The van der Waals surface area contributed by atoms with Crippen LogP contribution < -0.4 is 10.1 Å². The molecule has 0 aliphatic carbocycles. The van der Waals surface area contributed by atoms with Crippen molar-refractivity contribution in [3.63, 3.8) is 0 Å². The predicted molar refractivity (Wildman–Crippen MR) is 132 cm³/mol. The molecular weight excluding hydrogens is 451 g/mol. The lowest BCUT2D eigenvalue weighted by atomic mass is 9.94. The van der Waals surface area contributed by atoms with E-state index in [0.29, 0.717) is 18.7 Å². The number of likely N-dealkylation sites (tertiary alicyclic amines) is 1. The number of halogens is 1. The van der Waals surface area contributed by atoms with Crippen LogP contribution in [0, 0.1) is 11.7 Å². The molecule has 7 heteroatoms. The van der Waals surface area contributed by atoms with E-state index in [-0.39, 0.29) is 29.6 Å². The molecule has 0 spiro atoms. The second-order valence-corrected chi connectivity index (χ2v) is 9.97. The van der Waals surface area contributed by atoms with Crippen LogP contribution in [0.25, 0.3) is 10.8 Å². The number of ether oxygens (including phenoxy) is 1. The maximum atomic E-state index is 13.8. The van der Waals surface area contributed by atoms with E-state index in [1.54, 1.807) is 35.9 Å². The van der Waals surface area contributed by atoms with Crippen molar-refractivity contribution in [3.8, 4) is 5.75 Å². The van der Waals surface area contributed by atoms with Gasteiger partial charge in [-0.3, -0.25) is 9.59 Å². The van der Waals surface area contributed by atoms with Gasteiger partial charge in [-0.1, -0.05) is 24.3 Å². The highest BCUT2D eigenvalue weighted by Gasteiger charge is 2.32. The molecule has 0 saturated carbocycles.